The van der Waals surface area contributed by atoms with Gasteiger partial charge in [0.25, 0.3) is 0 Å². The summed E-state index contributed by atoms with van der Waals surface area (Å²) < 4.78 is 2.55. The van der Waals surface area contributed by atoms with Crippen LogP contribution in [-0.4, -0.2) is 28.8 Å². The molecule has 4 rings (SSSR count). The van der Waals surface area contributed by atoms with Gasteiger partial charge in [0.2, 0.25) is 0 Å². The maximum absolute atomic E-state index is 2.60. The van der Waals surface area contributed by atoms with Gasteiger partial charge in [-0.3, -0.25) is 4.90 Å². The van der Waals surface area contributed by atoms with E-state index in [9.17, 15) is 0 Å². The van der Waals surface area contributed by atoms with Crippen LogP contribution < -0.4 is 0 Å². The van der Waals surface area contributed by atoms with Gasteiger partial charge in [-0.2, -0.15) is 0 Å². The molecule has 26 heavy (non-hydrogen) atoms. The molecule has 3 heteroatoms. The van der Waals surface area contributed by atoms with E-state index in [1.807, 2.05) is 11.9 Å². The Morgan fingerprint density at radius 1 is 0.846 bits per heavy atom. The van der Waals surface area contributed by atoms with E-state index >= 15 is 0 Å². The summed E-state index contributed by atoms with van der Waals surface area (Å²) in [5.41, 5.74) is 2.86. The van der Waals surface area contributed by atoms with Gasteiger partial charge in [-0.05, 0) is 79.9 Å². The predicted molar refractivity (Wildman–Crippen MR) is 111 cm³/mol. The van der Waals surface area contributed by atoms with Gasteiger partial charge in [-0.25, -0.2) is 4.31 Å². The fourth-order valence-electron chi connectivity index (χ4n) is 3.69. The molecule has 1 heterocycles. The number of likely N-dealkylation sites (tertiary alicyclic amines) is 1. The topological polar surface area (TPSA) is 6.48 Å². The van der Waals surface area contributed by atoms with Gasteiger partial charge in [-0.15, -0.1) is 0 Å². The van der Waals surface area contributed by atoms with E-state index < -0.39 is 0 Å². The molecule has 0 unspecified atom stereocenters. The number of nitrogens with zero attached hydrogens (tertiary/aromatic N) is 2. The summed E-state index contributed by atoms with van der Waals surface area (Å²) in [6, 6.07) is 20.1. The Balaban J connectivity index is 1.35. The van der Waals surface area contributed by atoms with Gasteiger partial charge >= 0.3 is 0 Å². The summed E-state index contributed by atoms with van der Waals surface area (Å²) >= 11 is 1.93. The lowest BCUT2D eigenvalue weighted by molar-refractivity contribution is 0.221. The molecule has 2 fully saturated rings. The Hall–Kier alpha value is -1.29. The van der Waals surface area contributed by atoms with Crippen LogP contribution in [0, 0.1) is 5.92 Å². The van der Waals surface area contributed by atoms with Crippen LogP contribution in [0.5, 0.6) is 0 Å². The third-order valence-electron chi connectivity index (χ3n) is 5.37. The van der Waals surface area contributed by atoms with Crippen LogP contribution >= 0.6 is 11.9 Å². The summed E-state index contributed by atoms with van der Waals surface area (Å²) in [5.74, 6) is 0.907. The highest BCUT2D eigenvalue weighted by Crippen LogP contribution is 2.34. The van der Waals surface area contributed by atoms with E-state index in [0.29, 0.717) is 0 Å². The molecule has 0 atom stereocenters. The number of hydrogen-bond donors (Lipinski definition) is 0. The molecule has 0 bridgehead atoms. The fourth-order valence-corrected chi connectivity index (χ4v) is 4.74. The largest absolute Gasteiger partial charge is 0.299 e. The first-order valence-corrected chi connectivity index (χ1v) is 10.9. The number of hydrogen-bond acceptors (Lipinski definition) is 3. The molecule has 0 amide bonds. The molecule has 0 aromatic heterocycles. The third kappa shape index (κ3) is 5.60. The maximum Gasteiger partial charge on any atom is 0.0344 e. The average Bonchev–Trinajstić information content (AvgIpc) is 3.49. The SMILES string of the molecule is c1ccc(CN(CC2CC2)Sc2ccc(CN3CCCCC3)cc2)cc1. The van der Waals surface area contributed by atoms with Crippen LogP contribution in [0.25, 0.3) is 0 Å². The van der Waals surface area contributed by atoms with E-state index in [2.05, 4.69) is 63.8 Å². The minimum atomic E-state index is 0.907. The van der Waals surface area contributed by atoms with Crippen LogP contribution in [0.15, 0.2) is 59.5 Å². The van der Waals surface area contributed by atoms with Crippen molar-refractivity contribution in [2.75, 3.05) is 19.6 Å². The van der Waals surface area contributed by atoms with Gasteiger partial charge in [0.1, 0.15) is 0 Å². The van der Waals surface area contributed by atoms with Crippen LogP contribution in [-0.2, 0) is 13.1 Å². The Bertz CT molecular complexity index is 660. The van der Waals surface area contributed by atoms with E-state index in [4.69, 9.17) is 0 Å². The Labute approximate surface area is 162 Å². The van der Waals surface area contributed by atoms with Gasteiger partial charge in [0.15, 0.2) is 0 Å². The molecule has 0 radical (unpaired) electrons. The lowest BCUT2D eigenvalue weighted by Gasteiger charge is -2.26. The minimum absolute atomic E-state index is 0.907. The molecule has 1 saturated heterocycles. The minimum Gasteiger partial charge on any atom is -0.299 e. The first kappa shape index (κ1) is 18.1. The van der Waals surface area contributed by atoms with Crippen LogP contribution in [0.3, 0.4) is 0 Å². The Morgan fingerprint density at radius 2 is 1.58 bits per heavy atom. The van der Waals surface area contributed by atoms with Crippen molar-refractivity contribution in [2.45, 2.75) is 50.1 Å². The third-order valence-corrected chi connectivity index (χ3v) is 6.39. The second-order valence-electron chi connectivity index (χ2n) is 7.82. The molecule has 138 valence electrons. The molecule has 2 aromatic rings. The van der Waals surface area contributed by atoms with Crippen molar-refractivity contribution in [3.63, 3.8) is 0 Å². The summed E-state index contributed by atoms with van der Waals surface area (Å²) in [7, 11) is 0. The zero-order valence-electron chi connectivity index (χ0n) is 15.6. The second kappa shape index (κ2) is 9.07. The van der Waals surface area contributed by atoms with Crippen molar-refractivity contribution in [2.24, 2.45) is 5.92 Å². The zero-order chi connectivity index (χ0) is 17.6. The normalized spacial score (nSPS) is 18.3. The van der Waals surface area contributed by atoms with Gasteiger partial charge in [0, 0.05) is 24.5 Å². The van der Waals surface area contributed by atoms with Crippen LogP contribution in [0.2, 0.25) is 0 Å². The molecule has 1 saturated carbocycles. The van der Waals surface area contributed by atoms with Crippen LogP contribution in [0.1, 0.15) is 43.2 Å². The highest BCUT2D eigenvalue weighted by atomic mass is 32.2. The highest BCUT2D eigenvalue weighted by Gasteiger charge is 2.25. The quantitative estimate of drug-likeness (QED) is 0.562. The van der Waals surface area contributed by atoms with E-state index in [-0.39, 0.29) is 0 Å². The molecular formula is C23H30N2S. The molecule has 1 aliphatic heterocycles. The molecule has 1 aliphatic carbocycles. The van der Waals surface area contributed by atoms with E-state index in [1.54, 1.807) is 0 Å². The molecular weight excluding hydrogens is 336 g/mol. The smallest absolute Gasteiger partial charge is 0.0344 e. The standard InChI is InChI=1S/C23H30N2S/c1-3-7-20(8-4-1)18-25(19-22-9-10-22)26-23-13-11-21(12-14-23)17-24-15-5-2-6-16-24/h1,3-4,7-8,11-14,22H,2,5-6,9-10,15-19H2. The zero-order valence-corrected chi connectivity index (χ0v) is 16.5. The van der Waals surface area contributed by atoms with Crippen molar-refractivity contribution < 1.29 is 0 Å². The highest BCUT2D eigenvalue weighted by molar-refractivity contribution is 7.97. The van der Waals surface area contributed by atoms with Crippen molar-refractivity contribution in [1.82, 2.24) is 9.21 Å². The lowest BCUT2D eigenvalue weighted by Crippen LogP contribution is -2.29. The van der Waals surface area contributed by atoms with Crippen molar-refractivity contribution >= 4 is 11.9 Å². The molecule has 0 N–H and O–H groups in total. The molecule has 2 aromatic carbocycles. The first-order chi connectivity index (χ1) is 12.8. The van der Waals surface area contributed by atoms with Crippen molar-refractivity contribution in [3.8, 4) is 0 Å². The summed E-state index contributed by atoms with van der Waals surface area (Å²) in [4.78, 5) is 3.96. The Kier molecular flexibility index (Phi) is 6.31. The fraction of sp³-hybridized carbons (Fsp3) is 0.478. The second-order valence-corrected chi connectivity index (χ2v) is 8.99. The summed E-state index contributed by atoms with van der Waals surface area (Å²) in [6.45, 7) is 5.87. The maximum atomic E-state index is 2.60. The van der Waals surface area contributed by atoms with Crippen LogP contribution in [0.4, 0.5) is 0 Å². The number of piperidine rings is 1. The molecule has 2 nitrogen and oxygen atoms in total. The van der Waals surface area contributed by atoms with Gasteiger partial charge in [-0.1, -0.05) is 48.9 Å². The van der Waals surface area contributed by atoms with Crippen molar-refractivity contribution in [1.29, 1.82) is 0 Å². The van der Waals surface area contributed by atoms with E-state index in [1.165, 1.54) is 67.8 Å². The van der Waals surface area contributed by atoms with Gasteiger partial charge in [0.05, 0.1) is 0 Å². The lowest BCUT2D eigenvalue weighted by atomic mass is 10.1. The Morgan fingerprint density at radius 3 is 2.27 bits per heavy atom. The monoisotopic (exact) mass is 366 g/mol. The average molecular weight is 367 g/mol. The summed E-state index contributed by atoms with van der Waals surface area (Å²) in [6.07, 6.45) is 6.94. The van der Waals surface area contributed by atoms with Gasteiger partial charge < -0.3 is 0 Å². The number of benzene rings is 2. The van der Waals surface area contributed by atoms with Crippen molar-refractivity contribution in [3.05, 3.63) is 65.7 Å². The summed E-state index contributed by atoms with van der Waals surface area (Å²) in [5, 5.41) is 0. The predicted octanol–water partition coefficient (Wildman–Crippen LogP) is 5.59. The van der Waals surface area contributed by atoms with E-state index in [0.717, 1.165) is 19.0 Å². The molecule has 2 aliphatic rings. The molecule has 0 spiro atoms. The number of rotatable bonds is 8. The first-order valence-electron chi connectivity index (χ1n) is 10.1.